The van der Waals surface area contributed by atoms with E-state index in [1.807, 2.05) is 36.4 Å². The second-order valence-electron chi connectivity index (χ2n) is 6.07. The molecule has 0 aliphatic carbocycles. The summed E-state index contributed by atoms with van der Waals surface area (Å²) in [6.45, 7) is 1.58. The third-order valence-corrected chi connectivity index (χ3v) is 4.24. The SMILES string of the molecule is C[C@@]1(O)C[C@H](c2ccccc2)c2c(oc3ccccc3c2=O)O1. The molecule has 0 amide bonds. The first kappa shape index (κ1) is 14.0. The molecule has 0 unspecified atom stereocenters. The topological polar surface area (TPSA) is 59.7 Å². The van der Waals surface area contributed by atoms with E-state index in [0.717, 1.165) is 5.56 Å². The number of ether oxygens (including phenoxy) is 1. The van der Waals surface area contributed by atoms with Crippen LogP contribution in [0.1, 0.15) is 30.4 Å². The van der Waals surface area contributed by atoms with Crippen LogP contribution in [0.2, 0.25) is 0 Å². The summed E-state index contributed by atoms with van der Waals surface area (Å²) in [4.78, 5) is 12.9. The first-order valence-corrected chi connectivity index (χ1v) is 7.57. The third-order valence-electron chi connectivity index (χ3n) is 4.24. The van der Waals surface area contributed by atoms with E-state index in [9.17, 15) is 9.90 Å². The van der Waals surface area contributed by atoms with Crippen molar-refractivity contribution in [3.05, 3.63) is 75.9 Å². The van der Waals surface area contributed by atoms with Gasteiger partial charge >= 0.3 is 0 Å². The zero-order valence-corrected chi connectivity index (χ0v) is 12.7. The lowest BCUT2D eigenvalue weighted by Gasteiger charge is -2.34. The van der Waals surface area contributed by atoms with Crippen molar-refractivity contribution in [2.24, 2.45) is 0 Å². The van der Waals surface area contributed by atoms with Gasteiger partial charge in [0.2, 0.25) is 11.2 Å². The molecular weight excluding hydrogens is 292 g/mol. The zero-order chi connectivity index (χ0) is 16.0. The van der Waals surface area contributed by atoms with Crippen LogP contribution in [0.25, 0.3) is 11.0 Å². The minimum atomic E-state index is -1.38. The van der Waals surface area contributed by atoms with Crippen LogP contribution in [0.5, 0.6) is 5.95 Å². The molecule has 1 N–H and O–H groups in total. The monoisotopic (exact) mass is 308 g/mol. The van der Waals surface area contributed by atoms with Gasteiger partial charge in [-0.1, -0.05) is 42.5 Å². The normalized spacial score (nSPS) is 23.3. The number of fused-ring (bicyclic) bond motifs is 2. The Bertz CT molecular complexity index is 925. The largest absolute Gasteiger partial charge is 0.433 e. The molecule has 1 aliphatic rings. The van der Waals surface area contributed by atoms with Crippen LogP contribution in [0.4, 0.5) is 0 Å². The number of rotatable bonds is 1. The van der Waals surface area contributed by atoms with Gasteiger partial charge in [-0.2, -0.15) is 0 Å². The molecular formula is C19H16O4. The van der Waals surface area contributed by atoms with Crippen molar-refractivity contribution in [1.29, 1.82) is 0 Å². The molecule has 2 heterocycles. The highest BCUT2D eigenvalue weighted by Gasteiger charge is 2.40. The van der Waals surface area contributed by atoms with Crippen molar-refractivity contribution in [3.63, 3.8) is 0 Å². The second-order valence-corrected chi connectivity index (χ2v) is 6.07. The molecule has 4 rings (SSSR count). The lowest BCUT2D eigenvalue weighted by molar-refractivity contribution is -0.148. The van der Waals surface area contributed by atoms with Crippen molar-refractivity contribution in [2.45, 2.75) is 25.0 Å². The molecule has 0 spiro atoms. The maximum absolute atomic E-state index is 12.9. The van der Waals surface area contributed by atoms with Crippen molar-refractivity contribution in [3.8, 4) is 5.95 Å². The Morgan fingerprint density at radius 1 is 1.09 bits per heavy atom. The van der Waals surface area contributed by atoms with E-state index >= 15 is 0 Å². The molecule has 23 heavy (non-hydrogen) atoms. The molecule has 2 aromatic carbocycles. The highest BCUT2D eigenvalue weighted by atomic mass is 16.7. The van der Waals surface area contributed by atoms with Crippen LogP contribution in [-0.4, -0.2) is 10.9 Å². The highest BCUT2D eigenvalue weighted by Crippen LogP contribution is 2.42. The van der Waals surface area contributed by atoms with E-state index in [1.165, 1.54) is 0 Å². The molecule has 0 saturated heterocycles. The first-order valence-electron chi connectivity index (χ1n) is 7.57. The first-order chi connectivity index (χ1) is 11.1. The minimum Gasteiger partial charge on any atom is -0.433 e. The summed E-state index contributed by atoms with van der Waals surface area (Å²) in [5.41, 5.74) is 1.79. The number of benzene rings is 2. The van der Waals surface area contributed by atoms with Crippen molar-refractivity contribution in [2.75, 3.05) is 0 Å². The van der Waals surface area contributed by atoms with E-state index in [2.05, 4.69) is 0 Å². The predicted molar refractivity (Wildman–Crippen MR) is 86.6 cm³/mol. The molecule has 0 radical (unpaired) electrons. The molecule has 116 valence electrons. The van der Waals surface area contributed by atoms with Crippen molar-refractivity contribution >= 4 is 11.0 Å². The number of para-hydroxylation sites is 1. The van der Waals surface area contributed by atoms with Gasteiger partial charge in [0.15, 0.2) is 0 Å². The van der Waals surface area contributed by atoms with E-state index in [1.54, 1.807) is 25.1 Å². The minimum absolute atomic E-state index is 0.105. The molecule has 1 aliphatic heterocycles. The Hall–Kier alpha value is -2.59. The van der Waals surface area contributed by atoms with Gasteiger partial charge < -0.3 is 14.3 Å². The summed E-state index contributed by atoms with van der Waals surface area (Å²) in [5, 5.41) is 11.0. The van der Waals surface area contributed by atoms with E-state index in [4.69, 9.17) is 9.15 Å². The number of hydrogen-bond acceptors (Lipinski definition) is 4. The van der Waals surface area contributed by atoms with E-state index in [-0.39, 0.29) is 17.3 Å². The molecule has 2 atom stereocenters. The van der Waals surface area contributed by atoms with Gasteiger partial charge in [-0.15, -0.1) is 0 Å². The Morgan fingerprint density at radius 2 is 1.78 bits per heavy atom. The van der Waals surface area contributed by atoms with Crippen LogP contribution < -0.4 is 10.2 Å². The predicted octanol–water partition coefficient (Wildman–Crippen LogP) is 3.42. The lowest BCUT2D eigenvalue weighted by Crippen LogP contribution is -2.40. The van der Waals surface area contributed by atoms with Crippen molar-refractivity contribution in [1.82, 2.24) is 0 Å². The Balaban J connectivity index is 2.02. The van der Waals surface area contributed by atoms with Gasteiger partial charge in [-0.3, -0.25) is 4.79 Å². The van der Waals surface area contributed by atoms with Crippen LogP contribution in [0.3, 0.4) is 0 Å². The number of aliphatic hydroxyl groups is 1. The summed E-state index contributed by atoms with van der Waals surface area (Å²) in [6, 6.07) is 16.7. The van der Waals surface area contributed by atoms with Gasteiger partial charge in [0.05, 0.1) is 10.9 Å². The van der Waals surface area contributed by atoms with E-state index in [0.29, 0.717) is 23.0 Å². The average Bonchev–Trinajstić information content (AvgIpc) is 2.54. The fraction of sp³-hybridized carbons (Fsp3) is 0.211. The molecule has 3 aromatic rings. The van der Waals surface area contributed by atoms with Gasteiger partial charge in [-0.25, -0.2) is 0 Å². The standard InChI is InChI=1S/C19H16O4/c1-19(21)11-14(12-7-3-2-4-8-12)16-17(20)13-9-5-6-10-15(13)22-18(16)23-19/h2-10,14,21H,11H2,1H3/t14-,19+/m1/s1. The smallest absolute Gasteiger partial charge is 0.295 e. The summed E-state index contributed by atoms with van der Waals surface area (Å²) in [6.07, 6.45) is 0.299. The summed E-state index contributed by atoms with van der Waals surface area (Å²) < 4.78 is 11.3. The quantitative estimate of drug-likeness (QED) is 0.748. The van der Waals surface area contributed by atoms with E-state index < -0.39 is 5.79 Å². The summed E-state index contributed by atoms with van der Waals surface area (Å²) >= 11 is 0. The zero-order valence-electron chi connectivity index (χ0n) is 12.7. The molecule has 0 saturated carbocycles. The Kier molecular flexibility index (Phi) is 3.03. The van der Waals surface area contributed by atoms with Gasteiger partial charge in [0, 0.05) is 19.3 Å². The van der Waals surface area contributed by atoms with Gasteiger partial charge in [0.1, 0.15) is 5.58 Å². The summed E-state index contributed by atoms with van der Waals surface area (Å²) in [7, 11) is 0. The van der Waals surface area contributed by atoms with Gasteiger partial charge in [-0.05, 0) is 17.7 Å². The fourth-order valence-electron chi connectivity index (χ4n) is 3.20. The molecule has 4 heteroatoms. The molecule has 0 bridgehead atoms. The average molecular weight is 308 g/mol. The van der Waals surface area contributed by atoms with Crippen LogP contribution in [0.15, 0.2) is 63.8 Å². The molecule has 0 fully saturated rings. The number of hydrogen-bond donors (Lipinski definition) is 1. The van der Waals surface area contributed by atoms with Crippen molar-refractivity contribution < 1.29 is 14.3 Å². The van der Waals surface area contributed by atoms with Crippen LogP contribution >= 0.6 is 0 Å². The lowest BCUT2D eigenvalue weighted by atomic mass is 9.84. The van der Waals surface area contributed by atoms with Gasteiger partial charge in [0.25, 0.3) is 5.95 Å². The molecule has 1 aromatic heterocycles. The summed E-state index contributed by atoms with van der Waals surface area (Å²) in [5.74, 6) is -1.54. The maximum Gasteiger partial charge on any atom is 0.295 e. The molecule has 4 nitrogen and oxygen atoms in total. The second kappa shape index (κ2) is 4.96. The third kappa shape index (κ3) is 2.32. The highest BCUT2D eigenvalue weighted by molar-refractivity contribution is 5.78. The van der Waals surface area contributed by atoms with Crippen LogP contribution in [0, 0.1) is 0 Å². The fourth-order valence-corrected chi connectivity index (χ4v) is 3.20. The maximum atomic E-state index is 12.9. The Labute approximate surface area is 132 Å². The Morgan fingerprint density at radius 3 is 2.57 bits per heavy atom. The van der Waals surface area contributed by atoms with Crippen LogP contribution in [-0.2, 0) is 0 Å².